The molecule has 2 heterocycles. The maximum absolute atomic E-state index is 12.9. The van der Waals surface area contributed by atoms with Gasteiger partial charge in [-0.05, 0) is 61.0 Å². The predicted octanol–water partition coefficient (Wildman–Crippen LogP) is 3.53. The number of carbonyl (C=O) groups is 4. The summed E-state index contributed by atoms with van der Waals surface area (Å²) in [5, 5.41) is 9.58. The molecular weight excluding hydrogens is 472 g/mol. The number of benzene rings is 3. The van der Waals surface area contributed by atoms with Crippen LogP contribution in [0.25, 0.3) is 0 Å². The normalized spacial score (nSPS) is 13.3. The van der Waals surface area contributed by atoms with E-state index in [2.05, 4.69) is 20.7 Å². The zero-order valence-corrected chi connectivity index (χ0v) is 19.8. The first-order valence-corrected chi connectivity index (χ1v) is 11.5. The Morgan fingerprint density at radius 2 is 1.51 bits per heavy atom. The summed E-state index contributed by atoms with van der Waals surface area (Å²) in [5.41, 5.74) is 2.91. The molecule has 10 nitrogen and oxygen atoms in total. The molecule has 1 unspecified atom stereocenters. The summed E-state index contributed by atoms with van der Waals surface area (Å²) in [4.78, 5) is 55.6. The van der Waals surface area contributed by atoms with Crippen LogP contribution in [0.1, 0.15) is 49.6 Å². The highest BCUT2D eigenvalue weighted by molar-refractivity contribution is 6.21. The summed E-state index contributed by atoms with van der Waals surface area (Å²) in [7, 11) is 0. The molecule has 4 aromatic rings. The van der Waals surface area contributed by atoms with Crippen LogP contribution in [-0.2, 0) is 11.3 Å². The van der Waals surface area contributed by atoms with Crippen molar-refractivity contribution in [3.05, 3.63) is 108 Å². The zero-order valence-electron chi connectivity index (χ0n) is 19.8. The van der Waals surface area contributed by atoms with Crippen LogP contribution >= 0.6 is 0 Å². The molecule has 3 aromatic carbocycles. The Balaban J connectivity index is 1.21. The molecule has 10 heteroatoms. The second kappa shape index (κ2) is 9.86. The minimum absolute atomic E-state index is 0.0644. The largest absolute Gasteiger partial charge is 0.324 e. The summed E-state index contributed by atoms with van der Waals surface area (Å²) in [6.45, 7) is 1.77. The molecule has 4 amide bonds. The van der Waals surface area contributed by atoms with Crippen molar-refractivity contribution in [2.45, 2.75) is 19.5 Å². The molecule has 0 spiro atoms. The topological polar surface area (TPSA) is 126 Å². The Bertz CT molecular complexity index is 1460. The first-order valence-electron chi connectivity index (χ1n) is 11.5. The van der Waals surface area contributed by atoms with Crippen molar-refractivity contribution in [2.75, 3.05) is 10.6 Å². The second-order valence-corrected chi connectivity index (χ2v) is 8.51. The van der Waals surface area contributed by atoms with E-state index in [-0.39, 0.29) is 30.2 Å². The molecule has 0 fully saturated rings. The lowest BCUT2D eigenvalue weighted by molar-refractivity contribution is -0.119. The molecule has 1 aliphatic rings. The fourth-order valence-corrected chi connectivity index (χ4v) is 4.00. The van der Waals surface area contributed by atoms with Gasteiger partial charge < -0.3 is 10.6 Å². The molecule has 0 saturated carbocycles. The van der Waals surface area contributed by atoms with Crippen LogP contribution in [0.3, 0.4) is 0 Å². The molecule has 0 saturated heterocycles. The van der Waals surface area contributed by atoms with E-state index in [0.29, 0.717) is 33.6 Å². The zero-order chi connectivity index (χ0) is 25.9. The van der Waals surface area contributed by atoms with Crippen LogP contribution in [0.4, 0.5) is 11.4 Å². The van der Waals surface area contributed by atoms with E-state index in [1.807, 2.05) is 0 Å². The van der Waals surface area contributed by atoms with Crippen LogP contribution in [0.5, 0.6) is 0 Å². The van der Waals surface area contributed by atoms with Gasteiger partial charge in [-0.1, -0.05) is 24.3 Å². The molecule has 2 N–H and O–H groups in total. The molecule has 37 heavy (non-hydrogen) atoms. The molecule has 1 aliphatic heterocycles. The monoisotopic (exact) mass is 494 g/mol. The number of hydrogen-bond donors (Lipinski definition) is 2. The van der Waals surface area contributed by atoms with Gasteiger partial charge in [-0.25, -0.2) is 9.67 Å². The van der Waals surface area contributed by atoms with Gasteiger partial charge in [0, 0.05) is 16.9 Å². The summed E-state index contributed by atoms with van der Waals surface area (Å²) >= 11 is 0. The van der Waals surface area contributed by atoms with Crippen LogP contribution in [0.15, 0.2) is 85.5 Å². The highest BCUT2D eigenvalue weighted by atomic mass is 16.2. The average Bonchev–Trinajstić information content (AvgIpc) is 3.54. The van der Waals surface area contributed by atoms with Gasteiger partial charge in [-0.3, -0.25) is 24.1 Å². The Hall–Kier alpha value is -5.12. The number of aromatic nitrogens is 3. The van der Waals surface area contributed by atoms with Gasteiger partial charge in [-0.2, -0.15) is 5.10 Å². The Morgan fingerprint density at radius 1 is 0.865 bits per heavy atom. The highest BCUT2D eigenvalue weighted by Crippen LogP contribution is 2.24. The van der Waals surface area contributed by atoms with Crippen molar-refractivity contribution >= 4 is 35.0 Å². The summed E-state index contributed by atoms with van der Waals surface area (Å²) < 4.78 is 1.45. The number of fused-ring (bicyclic) bond motifs is 1. The van der Waals surface area contributed by atoms with Gasteiger partial charge in [0.25, 0.3) is 17.7 Å². The molecule has 0 radical (unpaired) electrons. The lowest BCUT2D eigenvalue weighted by Gasteiger charge is -2.15. The molecule has 184 valence electrons. The quantitative estimate of drug-likeness (QED) is 0.379. The van der Waals surface area contributed by atoms with E-state index in [4.69, 9.17) is 0 Å². The van der Waals surface area contributed by atoms with Crippen LogP contribution in [0, 0.1) is 0 Å². The van der Waals surface area contributed by atoms with Crippen LogP contribution in [-0.4, -0.2) is 43.3 Å². The lowest BCUT2D eigenvalue weighted by Crippen LogP contribution is -2.29. The fraction of sp³-hybridized carbons (Fsp3) is 0.111. The van der Waals surface area contributed by atoms with Gasteiger partial charge in [0.2, 0.25) is 5.91 Å². The maximum atomic E-state index is 12.9. The molecule has 5 rings (SSSR count). The summed E-state index contributed by atoms with van der Waals surface area (Å²) in [5.74, 6) is -1.30. The number of rotatable bonds is 7. The SMILES string of the molecule is CC(C(=O)Nc1ccc(NC(=O)c2cccc(CN3C(=O)c4ccccc4C3=O)c2)cc1)n1cncn1. The van der Waals surface area contributed by atoms with E-state index in [1.165, 1.54) is 22.2 Å². The minimum Gasteiger partial charge on any atom is -0.324 e. The first-order chi connectivity index (χ1) is 17.9. The predicted molar refractivity (Wildman–Crippen MR) is 135 cm³/mol. The third-order valence-electron chi connectivity index (χ3n) is 6.03. The van der Waals surface area contributed by atoms with Gasteiger partial charge in [-0.15, -0.1) is 0 Å². The Labute approximate surface area is 211 Å². The third kappa shape index (κ3) is 4.85. The summed E-state index contributed by atoms with van der Waals surface area (Å²) in [6.07, 6.45) is 2.83. The average molecular weight is 495 g/mol. The number of amides is 4. The standard InChI is InChI=1S/C27H22N6O4/c1-17(33-16-28-15-29-33)24(34)30-20-9-11-21(12-10-20)31-25(35)19-6-4-5-18(13-19)14-32-26(36)22-7-2-3-8-23(22)27(32)37/h2-13,15-17H,14H2,1H3,(H,30,34)(H,31,35). The van der Waals surface area contributed by atoms with Crippen LogP contribution < -0.4 is 10.6 Å². The van der Waals surface area contributed by atoms with E-state index in [1.54, 1.807) is 79.7 Å². The molecule has 1 atom stereocenters. The Morgan fingerprint density at radius 3 is 2.14 bits per heavy atom. The van der Waals surface area contributed by atoms with E-state index in [0.717, 1.165) is 0 Å². The fourth-order valence-electron chi connectivity index (χ4n) is 4.00. The maximum Gasteiger partial charge on any atom is 0.261 e. The van der Waals surface area contributed by atoms with Crippen molar-refractivity contribution < 1.29 is 19.2 Å². The highest BCUT2D eigenvalue weighted by Gasteiger charge is 2.35. The van der Waals surface area contributed by atoms with Gasteiger partial charge in [0.15, 0.2) is 0 Å². The van der Waals surface area contributed by atoms with E-state index in [9.17, 15) is 19.2 Å². The number of nitrogens with one attached hydrogen (secondary N) is 2. The van der Waals surface area contributed by atoms with Gasteiger partial charge >= 0.3 is 0 Å². The molecule has 0 aliphatic carbocycles. The molecule has 0 bridgehead atoms. The van der Waals surface area contributed by atoms with Crippen LogP contribution in [0.2, 0.25) is 0 Å². The van der Waals surface area contributed by atoms with Crippen molar-refractivity contribution in [1.82, 2.24) is 19.7 Å². The minimum atomic E-state index is -0.533. The summed E-state index contributed by atoms with van der Waals surface area (Å²) in [6, 6.07) is 19.7. The van der Waals surface area contributed by atoms with Crippen molar-refractivity contribution in [1.29, 1.82) is 0 Å². The number of anilines is 2. The van der Waals surface area contributed by atoms with Crippen molar-refractivity contribution in [3.63, 3.8) is 0 Å². The third-order valence-corrected chi connectivity index (χ3v) is 6.03. The van der Waals surface area contributed by atoms with Gasteiger partial charge in [0.1, 0.15) is 18.7 Å². The van der Waals surface area contributed by atoms with Crippen molar-refractivity contribution in [3.8, 4) is 0 Å². The number of hydrogen-bond acceptors (Lipinski definition) is 6. The number of imide groups is 1. The lowest BCUT2D eigenvalue weighted by atomic mass is 10.1. The number of nitrogens with zero attached hydrogens (tertiary/aromatic N) is 4. The molecule has 1 aromatic heterocycles. The smallest absolute Gasteiger partial charge is 0.261 e. The molecular formula is C27H22N6O4. The van der Waals surface area contributed by atoms with Gasteiger partial charge in [0.05, 0.1) is 17.7 Å². The first kappa shape index (κ1) is 23.6. The van der Waals surface area contributed by atoms with Crippen molar-refractivity contribution in [2.24, 2.45) is 0 Å². The van der Waals surface area contributed by atoms with E-state index >= 15 is 0 Å². The van der Waals surface area contributed by atoms with E-state index < -0.39 is 6.04 Å². The second-order valence-electron chi connectivity index (χ2n) is 8.51. The Kier molecular flexibility index (Phi) is 6.29. The number of carbonyl (C=O) groups excluding carboxylic acids is 4.